The Morgan fingerprint density at radius 2 is 2.22 bits per heavy atom. The van der Waals surface area contributed by atoms with Gasteiger partial charge in [0.05, 0.1) is 5.92 Å². The summed E-state index contributed by atoms with van der Waals surface area (Å²) in [6.45, 7) is 0.737. The summed E-state index contributed by atoms with van der Waals surface area (Å²) in [5.74, 6) is 0.177. The summed E-state index contributed by atoms with van der Waals surface area (Å²) in [5.41, 5.74) is 8.10. The monoisotopic (exact) mass is 264 g/mol. The highest BCUT2D eigenvalue weighted by atomic mass is 35.5. The molecule has 1 saturated carbocycles. The maximum Gasteiger partial charge on any atom is 0.231 e. The summed E-state index contributed by atoms with van der Waals surface area (Å²) < 4.78 is 0. The van der Waals surface area contributed by atoms with Crippen molar-refractivity contribution in [3.8, 4) is 0 Å². The van der Waals surface area contributed by atoms with E-state index in [2.05, 4.69) is 0 Å². The second kappa shape index (κ2) is 4.56. The Kier molecular flexibility index (Phi) is 3.04. The van der Waals surface area contributed by atoms with Crippen LogP contribution in [0.3, 0.4) is 0 Å². The standard InChI is InChI=1S/C14H17ClN2O/c15-11-4-2-6-13-9(11)7-8-17(13)14(18)10-3-1-5-12(10)16/h2,4,6,10,12H,1,3,5,7-8,16H2/t10-,12+/m0/s1. The molecule has 0 radical (unpaired) electrons. The molecule has 1 aliphatic carbocycles. The number of fused-ring (bicyclic) bond motifs is 1. The molecule has 96 valence electrons. The van der Waals surface area contributed by atoms with E-state index in [1.807, 2.05) is 23.1 Å². The van der Waals surface area contributed by atoms with E-state index in [0.29, 0.717) is 0 Å². The largest absolute Gasteiger partial charge is 0.327 e. The van der Waals surface area contributed by atoms with Gasteiger partial charge in [0, 0.05) is 23.3 Å². The van der Waals surface area contributed by atoms with E-state index in [-0.39, 0.29) is 17.9 Å². The average molecular weight is 265 g/mol. The zero-order chi connectivity index (χ0) is 12.7. The van der Waals surface area contributed by atoms with Crippen molar-refractivity contribution in [2.24, 2.45) is 11.7 Å². The van der Waals surface area contributed by atoms with Crippen molar-refractivity contribution >= 4 is 23.2 Å². The minimum absolute atomic E-state index is 0.00469. The molecule has 0 bridgehead atoms. The summed E-state index contributed by atoms with van der Waals surface area (Å²) in [6, 6.07) is 5.80. The van der Waals surface area contributed by atoms with Gasteiger partial charge in [0.25, 0.3) is 0 Å². The molecule has 1 aromatic rings. The quantitative estimate of drug-likeness (QED) is 0.846. The highest BCUT2D eigenvalue weighted by Gasteiger charge is 2.36. The zero-order valence-electron chi connectivity index (χ0n) is 10.2. The Bertz CT molecular complexity index is 489. The molecule has 0 unspecified atom stereocenters. The molecule has 1 aromatic carbocycles. The molecule has 0 aromatic heterocycles. The van der Waals surface area contributed by atoms with Crippen LogP contribution in [0.2, 0.25) is 5.02 Å². The maximum atomic E-state index is 12.5. The molecule has 2 aliphatic rings. The minimum atomic E-state index is -0.00469. The van der Waals surface area contributed by atoms with Gasteiger partial charge in [-0.3, -0.25) is 4.79 Å². The average Bonchev–Trinajstić information content (AvgIpc) is 2.95. The Balaban J connectivity index is 1.88. The Morgan fingerprint density at radius 1 is 1.39 bits per heavy atom. The van der Waals surface area contributed by atoms with Crippen molar-refractivity contribution in [1.29, 1.82) is 0 Å². The van der Waals surface area contributed by atoms with E-state index < -0.39 is 0 Å². The second-order valence-corrected chi connectivity index (χ2v) is 5.59. The fraction of sp³-hybridized carbons (Fsp3) is 0.500. The first-order valence-electron chi connectivity index (χ1n) is 6.53. The molecule has 18 heavy (non-hydrogen) atoms. The van der Waals surface area contributed by atoms with Crippen LogP contribution in [-0.4, -0.2) is 18.5 Å². The first-order valence-corrected chi connectivity index (χ1v) is 6.90. The number of hydrogen-bond donors (Lipinski definition) is 1. The van der Waals surface area contributed by atoms with Crippen molar-refractivity contribution in [3.63, 3.8) is 0 Å². The predicted octanol–water partition coefficient (Wildman–Crippen LogP) is 2.36. The van der Waals surface area contributed by atoms with Gasteiger partial charge in [-0.1, -0.05) is 24.1 Å². The second-order valence-electron chi connectivity index (χ2n) is 5.18. The Labute approximate surface area is 112 Å². The van der Waals surface area contributed by atoms with Crippen molar-refractivity contribution in [1.82, 2.24) is 0 Å². The summed E-state index contributed by atoms with van der Waals surface area (Å²) >= 11 is 6.17. The highest BCUT2D eigenvalue weighted by molar-refractivity contribution is 6.32. The SMILES string of the molecule is N[C@@H]1CCC[C@@H]1C(=O)N1CCc2c(Cl)cccc21. The number of rotatable bonds is 1. The van der Waals surface area contributed by atoms with E-state index >= 15 is 0 Å². The van der Waals surface area contributed by atoms with Crippen LogP contribution in [0.4, 0.5) is 5.69 Å². The number of benzene rings is 1. The fourth-order valence-electron chi connectivity index (χ4n) is 3.12. The van der Waals surface area contributed by atoms with Gasteiger partial charge in [-0.25, -0.2) is 0 Å². The third-order valence-electron chi connectivity index (χ3n) is 4.12. The summed E-state index contributed by atoms with van der Waals surface area (Å²) in [5, 5.41) is 0.763. The molecule has 1 amide bonds. The van der Waals surface area contributed by atoms with Gasteiger partial charge >= 0.3 is 0 Å². The van der Waals surface area contributed by atoms with E-state index in [4.69, 9.17) is 17.3 Å². The van der Waals surface area contributed by atoms with Crippen LogP contribution in [0.5, 0.6) is 0 Å². The molecule has 2 N–H and O–H groups in total. The number of carbonyl (C=O) groups excluding carboxylic acids is 1. The third kappa shape index (κ3) is 1.82. The molecule has 3 nitrogen and oxygen atoms in total. The van der Waals surface area contributed by atoms with Gasteiger partial charge < -0.3 is 10.6 Å². The van der Waals surface area contributed by atoms with Gasteiger partial charge in [-0.15, -0.1) is 0 Å². The van der Waals surface area contributed by atoms with E-state index in [0.717, 1.165) is 48.5 Å². The van der Waals surface area contributed by atoms with Crippen molar-refractivity contribution in [2.75, 3.05) is 11.4 Å². The van der Waals surface area contributed by atoms with E-state index in [1.165, 1.54) is 0 Å². The Hall–Kier alpha value is -1.06. The maximum absolute atomic E-state index is 12.5. The van der Waals surface area contributed by atoms with Crippen molar-refractivity contribution in [3.05, 3.63) is 28.8 Å². The summed E-state index contributed by atoms with van der Waals surface area (Å²) in [4.78, 5) is 14.4. The number of anilines is 1. The molecule has 1 aliphatic heterocycles. The lowest BCUT2D eigenvalue weighted by Gasteiger charge is -2.23. The number of nitrogens with two attached hydrogens (primary N) is 1. The Morgan fingerprint density at radius 3 is 2.94 bits per heavy atom. The zero-order valence-corrected chi connectivity index (χ0v) is 11.0. The van der Waals surface area contributed by atoms with E-state index in [1.54, 1.807) is 0 Å². The smallest absolute Gasteiger partial charge is 0.231 e. The summed E-state index contributed by atoms with van der Waals surface area (Å²) in [6.07, 6.45) is 3.80. The minimum Gasteiger partial charge on any atom is -0.327 e. The van der Waals surface area contributed by atoms with Crippen LogP contribution in [0.1, 0.15) is 24.8 Å². The number of hydrogen-bond acceptors (Lipinski definition) is 2. The molecular weight excluding hydrogens is 248 g/mol. The molecule has 0 spiro atoms. The molecule has 1 heterocycles. The topological polar surface area (TPSA) is 46.3 Å². The molecular formula is C14H17ClN2O. The molecule has 0 saturated heterocycles. The first-order chi connectivity index (χ1) is 8.68. The lowest BCUT2D eigenvalue weighted by Crippen LogP contribution is -2.41. The molecule has 2 atom stereocenters. The van der Waals surface area contributed by atoms with Crippen LogP contribution in [0.25, 0.3) is 0 Å². The number of carbonyl (C=O) groups is 1. The predicted molar refractivity (Wildman–Crippen MR) is 72.8 cm³/mol. The van der Waals surface area contributed by atoms with Gasteiger partial charge in [0.1, 0.15) is 0 Å². The van der Waals surface area contributed by atoms with Crippen LogP contribution in [-0.2, 0) is 11.2 Å². The van der Waals surface area contributed by atoms with Gasteiger partial charge in [0.15, 0.2) is 0 Å². The number of nitrogens with zero attached hydrogens (tertiary/aromatic N) is 1. The van der Waals surface area contributed by atoms with E-state index in [9.17, 15) is 4.79 Å². The third-order valence-corrected chi connectivity index (χ3v) is 4.48. The normalized spacial score (nSPS) is 26.4. The van der Waals surface area contributed by atoms with Crippen LogP contribution in [0, 0.1) is 5.92 Å². The van der Waals surface area contributed by atoms with Crippen molar-refractivity contribution < 1.29 is 4.79 Å². The first kappa shape index (κ1) is 12.0. The van der Waals surface area contributed by atoms with Gasteiger partial charge in [0.2, 0.25) is 5.91 Å². The molecule has 3 rings (SSSR count). The van der Waals surface area contributed by atoms with Crippen LogP contribution < -0.4 is 10.6 Å². The number of halogens is 1. The molecule has 4 heteroatoms. The lowest BCUT2D eigenvalue weighted by atomic mass is 10.0. The van der Waals surface area contributed by atoms with Gasteiger partial charge in [-0.2, -0.15) is 0 Å². The van der Waals surface area contributed by atoms with Crippen LogP contribution >= 0.6 is 11.6 Å². The highest BCUT2D eigenvalue weighted by Crippen LogP contribution is 2.36. The summed E-state index contributed by atoms with van der Waals surface area (Å²) in [7, 11) is 0. The lowest BCUT2D eigenvalue weighted by molar-refractivity contribution is -0.122. The fourth-order valence-corrected chi connectivity index (χ4v) is 3.38. The van der Waals surface area contributed by atoms with Gasteiger partial charge in [-0.05, 0) is 37.0 Å². The number of amides is 1. The molecule has 1 fully saturated rings. The van der Waals surface area contributed by atoms with Crippen LogP contribution in [0.15, 0.2) is 18.2 Å². The van der Waals surface area contributed by atoms with Crippen molar-refractivity contribution in [2.45, 2.75) is 31.7 Å².